The molecule has 1 aromatic carbocycles. The first-order chi connectivity index (χ1) is 9.95. The predicted molar refractivity (Wildman–Crippen MR) is 74.5 cm³/mol. The molecule has 5 heteroatoms. The Hall–Kier alpha value is -1.91. The summed E-state index contributed by atoms with van der Waals surface area (Å²) in [6.07, 6.45) is 2.32. The summed E-state index contributed by atoms with van der Waals surface area (Å²) in [6, 6.07) is 4.73. The van der Waals surface area contributed by atoms with Crippen molar-refractivity contribution in [2.24, 2.45) is 11.3 Å². The molecule has 0 radical (unpaired) electrons. The summed E-state index contributed by atoms with van der Waals surface area (Å²) in [4.78, 5) is 25.6. The average Bonchev–Trinajstić information content (AvgIpc) is 2.98. The van der Waals surface area contributed by atoms with E-state index in [1.54, 1.807) is 19.1 Å². The molecule has 1 amide bonds. The molecule has 1 aliphatic heterocycles. The maximum absolute atomic E-state index is 14.1. The van der Waals surface area contributed by atoms with E-state index in [0.717, 1.165) is 12.8 Å². The molecule has 1 N–H and O–H groups in total. The van der Waals surface area contributed by atoms with Crippen molar-refractivity contribution in [3.8, 4) is 0 Å². The minimum atomic E-state index is -0.829. The smallest absolute Gasteiger partial charge is 0.311 e. The van der Waals surface area contributed by atoms with Crippen LogP contribution in [0.3, 0.4) is 0 Å². The molecule has 2 fully saturated rings. The highest BCUT2D eigenvalue weighted by molar-refractivity contribution is 5.95. The maximum atomic E-state index is 14.1. The molecule has 112 valence electrons. The molecule has 0 bridgehead atoms. The number of carbonyl (C=O) groups excluding carboxylic acids is 1. The third-order valence-corrected chi connectivity index (χ3v) is 5.01. The second-order valence-corrected chi connectivity index (χ2v) is 6.17. The molecule has 3 rings (SSSR count). The second-order valence-electron chi connectivity index (χ2n) is 6.17. The number of rotatable bonds is 2. The lowest BCUT2D eigenvalue weighted by Gasteiger charge is -2.23. The van der Waals surface area contributed by atoms with Gasteiger partial charge in [-0.1, -0.05) is 18.6 Å². The number of halogens is 1. The van der Waals surface area contributed by atoms with Gasteiger partial charge in [-0.15, -0.1) is 0 Å². The van der Waals surface area contributed by atoms with Gasteiger partial charge in [0.1, 0.15) is 5.82 Å². The highest BCUT2D eigenvalue weighted by atomic mass is 19.1. The molecule has 1 aliphatic carbocycles. The number of benzene rings is 1. The molecule has 4 nitrogen and oxygen atoms in total. The number of carboxylic acid groups (broad SMARTS) is 1. The lowest BCUT2D eigenvalue weighted by molar-refractivity contribution is -0.149. The van der Waals surface area contributed by atoms with Crippen LogP contribution < -0.4 is 0 Å². The molecule has 1 saturated heterocycles. The van der Waals surface area contributed by atoms with Gasteiger partial charge in [-0.3, -0.25) is 9.59 Å². The first kappa shape index (κ1) is 14.0. The van der Waals surface area contributed by atoms with Crippen molar-refractivity contribution in [3.05, 3.63) is 35.1 Å². The molecule has 1 saturated carbocycles. The number of carboxylic acids is 1. The number of aliphatic carboxylic acids is 1. The third kappa shape index (κ3) is 2.03. The minimum Gasteiger partial charge on any atom is -0.481 e. The highest BCUT2D eigenvalue weighted by Crippen LogP contribution is 2.49. The number of hydrogen-bond donors (Lipinski definition) is 1. The van der Waals surface area contributed by atoms with Gasteiger partial charge < -0.3 is 10.0 Å². The molecular formula is C16H18FNO3. The number of carbonyl (C=O) groups is 2. The molecule has 1 aromatic rings. The minimum absolute atomic E-state index is 0.00757. The lowest BCUT2D eigenvalue weighted by Crippen LogP contribution is -2.37. The Bertz CT molecular complexity index is 616. The summed E-state index contributed by atoms with van der Waals surface area (Å²) in [5.41, 5.74) is -0.362. The number of fused-ring (bicyclic) bond motifs is 1. The monoisotopic (exact) mass is 291 g/mol. The number of aryl methyl sites for hydroxylation is 1. The molecular weight excluding hydrogens is 273 g/mol. The number of likely N-dealkylation sites (tertiary alicyclic amines) is 1. The van der Waals surface area contributed by atoms with Crippen LogP contribution >= 0.6 is 0 Å². The Morgan fingerprint density at radius 2 is 2.19 bits per heavy atom. The normalized spacial score (nSPS) is 27.7. The molecule has 0 aromatic heterocycles. The Balaban J connectivity index is 1.88. The third-order valence-electron chi connectivity index (χ3n) is 5.01. The zero-order chi connectivity index (χ0) is 15.2. The van der Waals surface area contributed by atoms with Gasteiger partial charge in [0.15, 0.2) is 0 Å². The Labute approximate surface area is 122 Å². The quantitative estimate of drug-likeness (QED) is 0.910. The van der Waals surface area contributed by atoms with Crippen LogP contribution in [-0.2, 0) is 4.79 Å². The van der Waals surface area contributed by atoms with Crippen molar-refractivity contribution in [1.82, 2.24) is 4.90 Å². The number of amides is 1. The summed E-state index contributed by atoms with van der Waals surface area (Å²) in [5, 5.41) is 9.53. The second kappa shape index (κ2) is 4.83. The topological polar surface area (TPSA) is 57.6 Å². The largest absolute Gasteiger partial charge is 0.481 e. The van der Waals surface area contributed by atoms with Crippen LogP contribution in [0.5, 0.6) is 0 Å². The van der Waals surface area contributed by atoms with Gasteiger partial charge in [-0.2, -0.15) is 0 Å². The van der Waals surface area contributed by atoms with Crippen LogP contribution in [-0.4, -0.2) is 35.0 Å². The van der Waals surface area contributed by atoms with Gasteiger partial charge in [-0.25, -0.2) is 4.39 Å². The first-order valence-electron chi connectivity index (χ1n) is 7.23. The van der Waals surface area contributed by atoms with E-state index >= 15 is 0 Å². The van der Waals surface area contributed by atoms with Crippen LogP contribution in [0.25, 0.3) is 0 Å². The fraction of sp³-hybridized carbons (Fsp3) is 0.500. The van der Waals surface area contributed by atoms with Gasteiger partial charge in [0, 0.05) is 13.1 Å². The van der Waals surface area contributed by atoms with Crippen LogP contribution in [0.15, 0.2) is 18.2 Å². The molecule has 2 aliphatic rings. The molecule has 1 heterocycles. The molecule has 0 spiro atoms. The summed E-state index contributed by atoms with van der Waals surface area (Å²) in [6.45, 7) is 2.22. The van der Waals surface area contributed by atoms with E-state index in [2.05, 4.69) is 0 Å². The van der Waals surface area contributed by atoms with E-state index in [1.165, 1.54) is 11.0 Å². The zero-order valence-corrected chi connectivity index (χ0v) is 11.9. The SMILES string of the molecule is Cc1cccc(C(=O)N2C[C@@H]3CCC[C@@]3(C(=O)O)C2)c1F. The average molecular weight is 291 g/mol. The van der Waals surface area contributed by atoms with Crippen LogP contribution in [0, 0.1) is 24.1 Å². The molecule has 0 unspecified atom stereocenters. The van der Waals surface area contributed by atoms with Gasteiger partial charge >= 0.3 is 5.97 Å². The zero-order valence-electron chi connectivity index (χ0n) is 11.9. The van der Waals surface area contributed by atoms with Gasteiger partial charge in [0.05, 0.1) is 11.0 Å². The van der Waals surface area contributed by atoms with E-state index < -0.39 is 23.1 Å². The van der Waals surface area contributed by atoms with Crippen molar-refractivity contribution in [2.45, 2.75) is 26.2 Å². The van der Waals surface area contributed by atoms with Gasteiger partial charge in [-0.05, 0) is 37.3 Å². The van der Waals surface area contributed by atoms with Crippen molar-refractivity contribution in [1.29, 1.82) is 0 Å². The van der Waals surface area contributed by atoms with E-state index in [9.17, 15) is 19.1 Å². The Morgan fingerprint density at radius 1 is 1.43 bits per heavy atom. The van der Waals surface area contributed by atoms with E-state index in [1.807, 2.05) is 0 Å². The fourth-order valence-electron chi connectivity index (χ4n) is 3.78. The first-order valence-corrected chi connectivity index (χ1v) is 7.23. The molecule has 2 atom stereocenters. The fourth-order valence-corrected chi connectivity index (χ4v) is 3.78. The lowest BCUT2D eigenvalue weighted by atomic mass is 9.81. The highest BCUT2D eigenvalue weighted by Gasteiger charge is 2.55. The number of hydrogen-bond acceptors (Lipinski definition) is 2. The molecule has 21 heavy (non-hydrogen) atoms. The summed E-state index contributed by atoms with van der Waals surface area (Å²) in [7, 11) is 0. The summed E-state index contributed by atoms with van der Waals surface area (Å²) in [5.74, 6) is -1.74. The summed E-state index contributed by atoms with van der Waals surface area (Å²) >= 11 is 0. The van der Waals surface area contributed by atoms with Gasteiger partial charge in [0.25, 0.3) is 5.91 Å². The van der Waals surface area contributed by atoms with E-state index in [-0.39, 0.29) is 18.0 Å². The standard InChI is InChI=1S/C16H18FNO3/c1-10-4-2-6-12(13(10)17)14(19)18-8-11-5-3-7-16(11,9-18)15(20)21/h2,4,6,11H,3,5,7-9H2,1H3,(H,20,21)/t11-,16+/m0/s1. The van der Waals surface area contributed by atoms with Crippen LogP contribution in [0.4, 0.5) is 4.39 Å². The van der Waals surface area contributed by atoms with Crippen molar-refractivity contribution >= 4 is 11.9 Å². The predicted octanol–water partition coefficient (Wildman–Crippen LogP) is 2.46. The van der Waals surface area contributed by atoms with Gasteiger partial charge in [0.2, 0.25) is 0 Å². The van der Waals surface area contributed by atoms with Crippen molar-refractivity contribution in [3.63, 3.8) is 0 Å². The van der Waals surface area contributed by atoms with Crippen LogP contribution in [0.2, 0.25) is 0 Å². The van der Waals surface area contributed by atoms with E-state index in [0.29, 0.717) is 18.5 Å². The van der Waals surface area contributed by atoms with Crippen molar-refractivity contribution < 1.29 is 19.1 Å². The maximum Gasteiger partial charge on any atom is 0.311 e. The Morgan fingerprint density at radius 3 is 2.86 bits per heavy atom. The van der Waals surface area contributed by atoms with Crippen LogP contribution in [0.1, 0.15) is 35.2 Å². The summed E-state index contributed by atoms with van der Waals surface area (Å²) < 4.78 is 14.1. The van der Waals surface area contributed by atoms with E-state index in [4.69, 9.17) is 0 Å². The van der Waals surface area contributed by atoms with Crippen molar-refractivity contribution in [2.75, 3.05) is 13.1 Å². The number of nitrogens with zero attached hydrogens (tertiary/aromatic N) is 1. The Kier molecular flexibility index (Phi) is 3.23.